The summed E-state index contributed by atoms with van der Waals surface area (Å²) in [5.41, 5.74) is 0.585. The summed E-state index contributed by atoms with van der Waals surface area (Å²) < 4.78 is 0. The third-order valence-electron chi connectivity index (χ3n) is 3.66. The summed E-state index contributed by atoms with van der Waals surface area (Å²) in [5.74, 6) is 1.76. The lowest BCUT2D eigenvalue weighted by Crippen LogP contribution is -2.43. The van der Waals surface area contributed by atoms with E-state index in [1.807, 2.05) is 0 Å². The Morgan fingerprint density at radius 2 is 1.89 bits per heavy atom. The molecule has 0 atom stereocenters. The summed E-state index contributed by atoms with van der Waals surface area (Å²) in [7, 11) is 0. The second-order valence-corrected chi connectivity index (χ2v) is 5.26. The summed E-state index contributed by atoms with van der Waals surface area (Å²) in [5, 5.41) is 16.7. The molecule has 1 aromatic rings. The lowest BCUT2D eigenvalue weighted by atomic mass is 9.80. The summed E-state index contributed by atoms with van der Waals surface area (Å²) in [6.45, 7) is 5.62. The van der Waals surface area contributed by atoms with Gasteiger partial charge in [0.25, 0.3) is 0 Å². The Labute approximate surface area is 114 Å². The predicted molar refractivity (Wildman–Crippen MR) is 77.5 cm³/mol. The van der Waals surface area contributed by atoms with Gasteiger partial charge in [-0.1, -0.05) is 13.3 Å². The van der Waals surface area contributed by atoms with Crippen molar-refractivity contribution in [2.75, 3.05) is 23.7 Å². The monoisotopic (exact) mass is 264 g/mol. The minimum Gasteiger partial charge on any atom is -0.388 e. The van der Waals surface area contributed by atoms with Gasteiger partial charge in [-0.3, -0.25) is 0 Å². The van der Waals surface area contributed by atoms with Crippen LogP contribution in [-0.4, -0.2) is 33.8 Å². The molecule has 0 aliphatic heterocycles. The Morgan fingerprint density at radius 3 is 2.42 bits per heavy atom. The third-order valence-corrected chi connectivity index (χ3v) is 3.66. The number of hydrogen-bond donors (Lipinski definition) is 3. The van der Waals surface area contributed by atoms with Gasteiger partial charge < -0.3 is 15.7 Å². The molecule has 0 radical (unpaired) electrons. The summed E-state index contributed by atoms with van der Waals surface area (Å²) >= 11 is 0. The highest BCUT2D eigenvalue weighted by Crippen LogP contribution is 2.32. The number of rotatable bonds is 7. The van der Waals surface area contributed by atoms with Crippen LogP contribution in [0.25, 0.3) is 0 Å². The molecule has 1 heterocycles. The van der Waals surface area contributed by atoms with Crippen LogP contribution < -0.4 is 10.6 Å². The average Bonchev–Trinajstić information content (AvgIpc) is 2.37. The first-order chi connectivity index (χ1) is 9.18. The molecule has 1 aliphatic carbocycles. The van der Waals surface area contributed by atoms with Gasteiger partial charge in [0.1, 0.15) is 18.0 Å². The van der Waals surface area contributed by atoms with Crippen LogP contribution in [0.4, 0.5) is 11.6 Å². The highest BCUT2D eigenvalue weighted by atomic mass is 16.3. The van der Waals surface area contributed by atoms with E-state index in [4.69, 9.17) is 0 Å². The summed E-state index contributed by atoms with van der Waals surface area (Å²) in [6, 6.07) is 0. The van der Waals surface area contributed by atoms with Gasteiger partial charge in [0.05, 0.1) is 5.60 Å². The molecule has 1 saturated carbocycles. The third kappa shape index (κ3) is 3.35. The number of aromatic nitrogens is 2. The molecule has 0 bridgehead atoms. The standard InChI is InChI=1S/C14H24N4O/c1-3-6-11-12(15-4-2)17-10-18-13(11)16-9-14(19)7-5-8-14/h10,19H,3-9H2,1-2H3,(H2,15,16,17,18). The largest absolute Gasteiger partial charge is 0.388 e. The molecule has 19 heavy (non-hydrogen) atoms. The molecular formula is C14H24N4O. The Balaban J connectivity index is 2.10. The van der Waals surface area contributed by atoms with Crippen LogP contribution in [0, 0.1) is 0 Å². The van der Waals surface area contributed by atoms with Crippen molar-refractivity contribution in [2.45, 2.75) is 51.6 Å². The van der Waals surface area contributed by atoms with E-state index in [0.29, 0.717) is 6.54 Å². The first-order valence-electron chi connectivity index (χ1n) is 7.22. The zero-order valence-corrected chi connectivity index (χ0v) is 11.9. The van der Waals surface area contributed by atoms with Crippen LogP contribution in [0.2, 0.25) is 0 Å². The van der Waals surface area contributed by atoms with Gasteiger partial charge in [-0.25, -0.2) is 9.97 Å². The number of anilines is 2. The fourth-order valence-electron chi connectivity index (χ4n) is 2.38. The van der Waals surface area contributed by atoms with Gasteiger partial charge in [-0.2, -0.15) is 0 Å². The Bertz CT molecular complexity index is 418. The van der Waals surface area contributed by atoms with Gasteiger partial charge in [-0.05, 0) is 32.6 Å². The zero-order valence-electron chi connectivity index (χ0n) is 11.9. The summed E-state index contributed by atoms with van der Waals surface area (Å²) in [4.78, 5) is 8.63. The van der Waals surface area contributed by atoms with Crippen LogP contribution in [0.3, 0.4) is 0 Å². The number of nitrogens with zero attached hydrogens (tertiary/aromatic N) is 2. The van der Waals surface area contributed by atoms with Crippen LogP contribution in [0.1, 0.15) is 45.1 Å². The smallest absolute Gasteiger partial charge is 0.134 e. The second kappa shape index (κ2) is 6.19. The maximum Gasteiger partial charge on any atom is 0.134 e. The van der Waals surface area contributed by atoms with E-state index in [1.165, 1.54) is 0 Å². The van der Waals surface area contributed by atoms with E-state index in [2.05, 4.69) is 34.4 Å². The van der Waals surface area contributed by atoms with Crippen molar-refractivity contribution in [1.82, 2.24) is 9.97 Å². The Morgan fingerprint density at radius 1 is 1.21 bits per heavy atom. The van der Waals surface area contributed by atoms with Gasteiger partial charge in [-0.15, -0.1) is 0 Å². The van der Waals surface area contributed by atoms with Gasteiger partial charge in [0.2, 0.25) is 0 Å². The van der Waals surface area contributed by atoms with E-state index < -0.39 is 5.60 Å². The molecule has 0 amide bonds. The van der Waals surface area contributed by atoms with Crippen molar-refractivity contribution in [2.24, 2.45) is 0 Å². The van der Waals surface area contributed by atoms with Crippen molar-refractivity contribution in [1.29, 1.82) is 0 Å². The molecule has 3 N–H and O–H groups in total. The number of nitrogens with one attached hydrogen (secondary N) is 2. The van der Waals surface area contributed by atoms with Crippen LogP contribution in [0.15, 0.2) is 6.33 Å². The van der Waals surface area contributed by atoms with Crippen LogP contribution in [-0.2, 0) is 6.42 Å². The summed E-state index contributed by atoms with van der Waals surface area (Å²) in [6.07, 6.45) is 6.44. The van der Waals surface area contributed by atoms with Crippen LogP contribution >= 0.6 is 0 Å². The van der Waals surface area contributed by atoms with E-state index >= 15 is 0 Å². The fraction of sp³-hybridized carbons (Fsp3) is 0.714. The van der Waals surface area contributed by atoms with E-state index in [9.17, 15) is 5.11 Å². The van der Waals surface area contributed by atoms with Gasteiger partial charge >= 0.3 is 0 Å². The van der Waals surface area contributed by atoms with E-state index in [1.54, 1.807) is 6.33 Å². The first kappa shape index (κ1) is 14.1. The molecule has 106 valence electrons. The van der Waals surface area contributed by atoms with Crippen LogP contribution in [0.5, 0.6) is 0 Å². The lowest BCUT2D eigenvalue weighted by Gasteiger charge is -2.36. The lowest BCUT2D eigenvalue weighted by molar-refractivity contribution is -0.0202. The van der Waals surface area contributed by atoms with E-state index in [0.717, 1.165) is 55.8 Å². The van der Waals surface area contributed by atoms with E-state index in [-0.39, 0.29) is 0 Å². The molecule has 1 aromatic heterocycles. The van der Waals surface area contributed by atoms with Gasteiger partial charge in [0, 0.05) is 18.7 Å². The highest BCUT2D eigenvalue weighted by molar-refractivity contribution is 5.57. The molecule has 5 nitrogen and oxygen atoms in total. The maximum absolute atomic E-state index is 10.1. The van der Waals surface area contributed by atoms with Gasteiger partial charge in [0.15, 0.2) is 0 Å². The molecule has 5 heteroatoms. The van der Waals surface area contributed by atoms with Crippen molar-refractivity contribution < 1.29 is 5.11 Å². The molecule has 1 aliphatic rings. The van der Waals surface area contributed by atoms with Crippen molar-refractivity contribution in [3.05, 3.63) is 11.9 Å². The highest BCUT2D eigenvalue weighted by Gasteiger charge is 2.34. The van der Waals surface area contributed by atoms with Crippen molar-refractivity contribution >= 4 is 11.6 Å². The molecule has 0 aromatic carbocycles. The Kier molecular flexibility index (Phi) is 4.58. The minimum absolute atomic E-state index is 0.535. The second-order valence-electron chi connectivity index (χ2n) is 5.26. The molecule has 0 spiro atoms. The number of hydrogen-bond acceptors (Lipinski definition) is 5. The molecule has 0 saturated heterocycles. The normalized spacial score (nSPS) is 16.8. The molecular weight excluding hydrogens is 240 g/mol. The number of aliphatic hydroxyl groups is 1. The maximum atomic E-state index is 10.1. The fourth-order valence-corrected chi connectivity index (χ4v) is 2.38. The topological polar surface area (TPSA) is 70.1 Å². The van der Waals surface area contributed by atoms with Crippen molar-refractivity contribution in [3.8, 4) is 0 Å². The Hall–Kier alpha value is -1.36. The average molecular weight is 264 g/mol. The first-order valence-corrected chi connectivity index (χ1v) is 7.22. The SMILES string of the molecule is CCCc1c(NCC)ncnc1NCC1(O)CCC1. The van der Waals surface area contributed by atoms with Crippen molar-refractivity contribution in [3.63, 3.8) is 0 Å². The zero-order chi connectivity index (χ0) is 13.7. The molecule has 1 fully saturated rings. The predicted octanol–water partition coefficient (Wildman–Crippen LogP) is 2.19. The quantitative estimate of drug-likeness (QED) is 0.704. The molecule has 2 rings (SSSR count). The molecule has 0 unspecified atom stereocenters. The minimum atomic E-state index is -0.535.